The highest BCUT2D eigenvalue weighted by Gasteiger charge is 2.09. The molecular formula is C19H18N4O3. The molecule has 0 aliphatic heterocycles. The Morgan fingerprint density at radius 1 is 1.23 bits per heavy atom. The van der Waals surface area contributed by atoms with Crippen molar-refractivity contribution in [3.05, 3.63) is 76.0 Å². The van der Waals surface area contributed by atoms with Crippen molar-refractivity contribution in [2.24, 2.45) is 5.10 Å². The Bertz CT molecular complexity index is 991. The Morgan fingerprint density at radius 2 is 2.04 bits per heavy atom. The van der Waals surface area contributed by atoms with Gasteiger partial charge in [0, 0.05) is 41.2 Å². The quantitative estimate of drug-likeness (QED) is 0.404. The third-order valence-corrected chi connectivity index (χ3v) is 4.12. The summed E-state index contributed by atoms with van der Waals surface area (Å²) in [6.45, 7) is 1.69. The van der Waals surface area contributed by atoms with E-state index in [1.54, 1.807) is 19.1 Å². The molecule has 0 fully saturated rings. The van der Waals surface area contributed by atoms with Crippen molar-refractivity contribution in [1.29, 1.82) is 0 Å². The summed E-state index contributed by atoms with van der Waals surface area (Å²) in [6, 6.07) is 14.1. The van der Waals surface area contributed by atoms with Gasteiger partial charge in [-0.15, -0.1) is 0 Å². The maximum atomic E-state index is 12.0. The van der Waals surface area contributed by atoms with Crippen LogP contribution >= 0.6 is 0 Å². The van der Waals surface area contributed by atoms with E-state index in [9.17, 15) is 14.9 Å². The summed E-state index contributed by atoms with van der Waals surface area (Å²) in [6.07, 6.45) is 2.81. The first-order chi connectivity index (χ1) is 12.5. The second-order valence-corrected chi connectivity index (χ2v) is 5.90. The zero-order chi connectivity index (χ0) is 18.5. The van der Waals surface area contributed by atoms with Gasteiger partial charge >= 0.3 is 0 Å². The molecule has 0 bridgehead atoms. The second kappa shape index (κ2) is 7.60. The second-order valence-electron chi connectivity index (χ2n) is 5.90. The number of hydrogen-bond donors (Lipinski definition) is 2. The van der Waals surface area contributed by atoms with Crippen LogP contribution in [0.3, 0.4) is 0 Å². The highest BCUT2D eigenvalue weighted by molar-refractivity contribution is 5.99. The van der Waals surface area contributed by atoms with Gasteiger partial charge in [-0.25, -0.2) is 5.43 Å². The Labute approximate surface area is 149 Å². The smallest absolute Gasteiger partial charge is 0.270 e. The summed E-state index contributed by atoms with van der Waals surface area (Å²) in [5.41, 5.74) is 5.72. The van der Waals surface area contributed by atoms with E-state index < -0.39 is 4.92 Å². The average Bonchev–Trinajstić information content (AvgIpc) is 3.07. The van der Waals surface area contributed by atoms with Crippen LogP contribution in [0.2, 0.25) is 0 Å². The topological polar surface area (TPSA) is 100 Å². The average molecular weight is 350 g/mol. The van der Waals surface area contributed by atoms with E-state index >= 15 is 0 Å². The SMILES string of the molecule is C/C(=N/NC(=O)CCc1c[nH]c2ccccc12)c1cccc([N+](=O)[O-])c1. The molecule has 0 saturated heterocycles. The van der Waals surface area contributed by atoms with Crippen LogP contribution in [0.5, 0.6) is 0 Å². The van der Waals surface area contributed by atoms with E-state index in [1.165, 1.54) is 12.1 Å². The number of aryl methyl sites for hydroxylation is 1. The summed E-state index contributed by atoms with van der Waals surface area (Å²) >= 11 is 0. The molecule has 3 aromatic rings. The van der Waals surface area contributed by atoms with E-state index in [4.69, 9.17) is 0 Å². The number of aromatic amines is 1. The van der Waals surface area contributed by atoms with Crippen molar-refractivity contribution >= 4 is 28.2 Å². The van der Waals surface area contributed by atoms with Gasteiger partial charge in [-0.3, -0.25) is 14.9 Å². The number of H-pyrrole nitrogens is 1. The molecule has 132 valence electrons. The number of rotatable bonds is 6. The number of benzene rings is 2. The molecule has 0 unspecified atom stereocenters. The van der Waals surface area contributed by atoms with Gasteiger partial charge in [0.05, 0.1) is 10.6 Å². The molecule has 7 heteroatoms. The van der Waals surface area contributed by atoms with Crippen LogP contribution in [0.4, 0.5) is 5.69 Å². The molecule has 0 aliphatic rings. The van der Waals surface area contributed by atoms with Crippen LogP contribution in [-0.4, -0.2) is 21.5 Å². The number of nitro groups is 1. The van der Waals surface area contributed by atoms with Gasteiger partial charge in [0.15, 0.2) is 0 Å². The number of nitrogens with zero attached hydrogens (tertiary/aromatic N) is 2. The summed E-state index contributed by atoms with van der Waals surface area (Å²) in [4.78, 5) is 25.6. The number of non-ortho nitro benzene ring substituents is 1. The largest absolute Gasteiger partial charge is 0.361 e. The molecule has 2 N–H and O–H groups in total. The summed E-state index contributed by atoms with van der Waals surface area (Å²) in [5, 5.41) is 16.0. The Balaban J connectivity index is 1.60. The van der Waals surface area contributed by atoms with Gasteiger partial charge in [-0.1, -0.05) is 30.3 Å². The van der Waals surface area contributed by atoms with Gasteiger partial charge in [-0.05, 0) is 25.0 Å². The summed E-state index contributed by atoms with van der Waals surface area (Å²) in [7, 11) is 0. The molecule has 7 nitrogen and oxygen atoms in total. The first-order valence-electron chi connectivity index (χ1n) is 8.17. The van der Waals surface area contributed by atoms with Crippen LogP contribution in [0.15, 0.2) is 59.8 Å². The lowest BCUT2D eigenvalue weighted by atomic mass is 10.1. The van der Waals surface area contributed by atoms with Crippen LogP contribution in [0.25, 0.3) is 10.9 Å². The van der Waals surface area contributed by atoms with Gasteiger partial charge in [0.2, 0.25) is 5.91 Å². The number of hydrazone groups is 1. The maximum Gasteiger partial charge on any atom is 0.270 e. The number of nitro benzene ring substituents is 1. The standard InChI is InChI=1S/C19H18N4O3/c1-13(14-5-4-6-16(11-14)23(25)26)21-22-19(24)10-9-15-12-20-18-8-3-2-7-17(15)18/h2-8,11-12,20H,9-10H2,1H3,(H,22,24)/b21-13-. The van der Waals surface area contributed by atoms with Crippen molar-refractivity contribution in [2.75, 3.05) is 0 Å². The lowest BCUT2D eigenvalue weighted by molar-refractivity contribution is -0.384. The van der Waals surface area contributed by atoms with E-state index in [-0.39, 0.29) is 11.6 Å². The molecule has 0 aliphatic carbocycles. The molecule has 0 spiro atoms. The number of carbonyl (C=O) groups excluding carboxylic acids is 1. The lowest BCUT2D eigenvalue weighted by Crippen LogP contribution is -2.19. The minimum atomic E-state index is -0.462. The summed E-state index contributed by atoms with van der Waals surface area (Å²) in [5.74, 6) is -0.208. The first kappa shape index (κ1) is 17.3. The van der Waals surface area contributed by atoms with E-state index in [0.29, 0.717) is 24.1 Å². The molecule has 1 amide bonds. The van der Waals surface area contributed by atoms with Crippen molar-refractivity contribution in [3.63, 3.8) is 0 Å². The Hall–Kier alpha value is -3.48. The number of carbonyl (C=O) groups is 1. The number of nitrogens with one attached hydrogen (secondary N) is 2. The molecule has 0 saturated carbocycles. The van der Waals surface area contributed by atoms with Crippen LogP contribution in [-0.2, 0) is 11.2 Å². The van der Waals surface area contributed by atoms with Crippen molar-refractivity contribution in [3.8, 4) is 0 Å². The molecule has 1 aromatic heterocycles. The third-order valence-electron chi connectivity index (χ3n) is 4.12. The molecule has 0 atom stereocenters. The number of amides is 1. The van der Waals surface area contributed by atoms with Crippen LogP contribution in [0.1, 0.15) is 24.5 Å². The molecule has 0 radical (unpaired) electrons. The van der Waals surface area contributed by atoms with E-state index in [1.807, 2.05) is 30.5 Å². The molecule has 2 aromatic carbocycles. The minimum Gasteiger partial charge on any atom is -0.361 e. The lowest BCUT2D eigenvalue weighted by Gasteiger charge is -2.03. The molecular weight excluding hydrogens is 332 g/mol. The van der Waals surface area contributed by atoms with Gasteiger partial charge in [0.25, 0.3) is 5.69 Å². The highest BCUT2D eigenvalue weighted by atomic mass is 16.6. The van der Waals surface area contributed by atoms with Crippen molar-refractivity contribution in [2.45, 2.75) is 19.8 Å². The Kier molecular flexibility index (Phi) is 5.07. The van der Waals surface area contributed by atoms with Crippen molar-refractivity contribution in [1.82, 2.24) is 10.4 Å². The predicted octanol–water partition coefficient (Wildman–Crippen LogP) is 3.55. The fraction of sp³-hybridized carbons (Fsp3) is 0.158. The number of hydrogen-bond acceptors (Lipinski definition) is 4. The van der Waals surface area contributed by atoms with Gasteiger partial charge in [-0.2, -0.15) is 5.10 Å². The van der Waals surface area contributed by atoms with Crippen LogP contribution < -0.4 is 5.43 Å². The maximum absolute atomic E-state index is 12.0. The van der Waals surface area contributed by atoms with E-state index in [0.717, 1.165) is 16.5 Å². The van der Waals surface area contributed by atoms with Gasteiger partial charge < -0.3 is 4.98 Å². The van der Waals surface area contributed by atoms with Gasteiger partial charge in [0.1, 0.15) is 0 Å². The monoisotopic (exact) mass is 350 g/mol. The fourth-order valence-electron chi connectivity index (χ4n) is 2.70. The normalized spacial score (nSPS) is 11.5. The molecule has 26 heavy (non-hydrogen) atoms. The molecule has 3 rings (SSSR count). The van der Waals surface area contributed by atoms with E-state index in [2.05, 4.69) is 15.5 Å². The zero-order valence-electron chi connectivity index (χ0n) is 14.2. The third kappa shape index (κ3) is 3.94. The molecule has 1 heterocycles. The number of aromatic nitrogens is 1. The van der Waals surface area contributed by atoms with Crippen LogP contribution in [0, 0.1) is 10.1 Å². The fourth-order valence-corrected chi connectivity index (χ4v) is 2.70. The minimum absolute atomic E-state index is 0.0114. The predicted molar refractivity (Wildman–Crippen MR) is 100 cm³/mol. The number of para-hydroxylation sites is 1. The van der Waals surface area contributed by atoms with Crippen molar-refractivity contribution < 1.29 is 9.72 Å². The number of fused-ring (bicyclic) bond motifs is 1. The zero-order valence-corrected chi connectivity index (χ0v) is 14.2. The first-order valence-corrected chi connectivity index (χ1v) is 8.17. The summed E-state index contributed by atoms with van der Waals surface area (Å²) < 4.78 is 0. The highest BCUT2D eigenvalue weighted by Crippen LogP contribution is 2.19. The Morgan fingerprint density at radius 3 is 2.85 bits per heavy atom.